The average molecular weight is 355 g/mol. The molecule has 0 aliphatic carbocycles. The molecule has 1 aliphatic rings. The first-order valence-electron chi connectivity index (χ1n) is 8.23. The Hall–Kier alpha value is -1.82. The molecular weight excluding hydrogens is 331 g/mol. The molecule has 1 unspecified atom stereocenters. The maximum atomic E-state index is 13.8. The van der Waals surface area contributed by atoms with Gasteiger partial charge in [-0.25, -0.2) is 4.39 Å². The number of nitrogens with one attached hydrogen (secondary N) is 2. The number of hydrogen-bond donors (Lipinski definition) is 2. The first kappa shape index (κ1) is 18.5. The summed E-state index contributed by atoms with van der Waals surface area (Å²) in [5.74, 6) is 0.546. The second kappa shape index (κ2) is 8.87. The van der Waals surface area contributed by atoms with Crippen LogP contribution < -0.4 is 10.6 Å². The molecule has 1 heterocycles. The highest BCUT2D eigenvalue weighted by Crippen LogP contribution is 2.19. The van der Waals surface area contributed by atoms with E-state index in [0.29, 0.717) is 42.5 Å². The molecule has 1 aromatic rings. The van der Waals surface area contributed by atoms with Crippen molar-refractivity contribution in [2.24, 2.45) is 4.99 Å². The van der Waals surface area contributed by atoms with Gasteiger partial charge in [0.25, 0.3) is 0 Å². The van der Waals surface area contributed by atoms with Gasteiger partial charge in [-0.15, -0.1) is 0 Å². The summed E-state index contributed by atoms with van der Waals surface area (Å²) in [6, 6.07) is 4.85. The molecule has 0 aromatic heterocycles. The Morgan fingerprint density at radius 1 is 1.50 bits per heavy atom. The minimum absolute atomic E-state index is 0.169. The zero-order valence-electron chi connectivity index (χ0n) is 14.1. The smallest absolute Gasteiger partial charge is 0.222 e. The third kappa shape index (κ3) is 5.09. The molecule has 132 valence electrons. The minimum atomic E-state index is -0.303. The number of benzene rings is 1. The Morgan fingerprint density at radius 2 is 2.29 bits per heavy atom. The molecule has 2 rings (SSSR count). The number of nitrogens with zero attached hydrogens (tertiary/aromatic N) is 2. The van der Waals surface area contributed by atoms with Crippen molar-refractivity contribution in [1.29, 1.82) is 0 Å². The van der Waals surface area contributed by atoms with E-state index in [0.717, 1.165) is 13.0 Å². The van der Waals surface area contributed by atoms with Gasteiger partial charge >= 0.3 is 0 Å². The lowest BCUT2D eigenvalue weighted by atomic mass is 10.1. The molecule has 0 saturated carbocycles. The van der Waals surface area contributed by atoms with E-state index in [4.69, 9.17) is 11.6 Å². The Bertz CT molecular complexity index is 588. The normalized spacial score (nSPS) is 18.7. The minimum Gasteiger partial charge on any atom is -0.357 e. The van der Waals surface area contributed by atoms with Gasteiger partial charge in [-0.2, -0.15) is 0 Å². The van der Waals surface area contributed by atoms with Crippen molar-refractivity contribution in [1.82, 2.24) is 15.5 Å². The number of aliphatic imine (C=N–C) groups is 1. The third-order valence-corrected chi connectivity index (χ3v) is 4.36. The fraction of sp³-hybridized carbons (Fsp3) is 0.529. The summed E-state index contributed by atoms with van der Waals surface area (Å²) >= 11 is 6.03. The Balaban J connectivity index is 1.94. The van der Waals surface area contributed by atoms with Crippen LogP contribution in [-0.2, 0) is 11.2 Å². The molecule has 1 amide bonds. The molecule has 5 nitrogen and oxygen atoms in total. The van der Waals surface area contributed by atoms with Crippen LogP contribution in [0.15, 0.2) is 23.2 Å². The van der Waals surface area contributed by atoms with E-state index in [1.54, 1.807) is 24.1 Å². The van der Waals surface area contributed by atoms with Crippen LogP contribution in [0.3, 0.4) is 0 Å². The first-order chi connectivity index (χ1) is 11.5. The molecule has 0 bridgehead atoms. The summed E-state index contributed by atoms with van der Waals surface area (Å²) in [5.41, 5.74) is 0.488. The maximum absolute atomic E-state index is 13.8. The fourth-order valence-electron chi connectivity index (χ4n) is 2.69. The monoisotopic (exact) mass is 354 g/mol. The second-order valence-electron chi connectivity index (χ2n) is 5.87. The summed E-state index contributed by atoms with van der Waals surface area (Å²) < 4.78 is 13.8. The lowest BCUT2D eigenvalue weighted by molar-refractivity contribution is -0.132. The third-order valence-electron chi connectivity index (χ3n) is 4.01. The molecule has 1 atom stereocenters. The Kier molecular flexibility index (Phi) is 6.85. The number of carbonyl (C=O) groups is 1. The highest BCUT2D eigenvalue weighted by Gasteiger charge is 2.23. The number of likely N-dealkylation sites (tertiary alicyclic amines) is 1. The maximum Gasteiger partial charge on any atom is 0.222 e. The molecule has 1 saturated heterocycles. The first-order valence-corrected chi connectivity index (χ1v) is 8.60. The molecule has 1 aromatic carbocycles. The van der Waals surface area contributed by atoms with Crippen molar-refractivity contribution in [3.63, 3.8) is 0 Å². The van der Waals surface area contributed by atoms with E-state index >= 15 is 0 Å². The quantitative estimate of drug-likeness (QED) is 0.629. The van der Waals surface area contributed by atoms with Crippen LogP contribution in [0.1, 0.15) is 25.3 Å². The zero-order valence-corrected chi connectivity index (χ0v) is 14.9. The molecule has 24 heavy (non-hydrogen) atoms. The van der Waals surface area contributed by atoms with Crippen molar-refractivity contribution < 1.29 is 9.18 Å². The van der Waals surface area contributed by atoms with E-state index in [1.807, 2.05) is 6.92 Å². The molecule has 1 fully saturated rings. The molecule has 0 spiro atoms. The van der Waals surface area contributed by atoms with Gasteiger partial charge in [0.15, 0.2) is 5.96 Å². The zero-order chi connectivity index (χ0) is 17.5. The summed E-state index contributed by atoms with van der Waals surface area (Å²) in [6.45, 7) is 3.80. The summed E-state index contributed by atoms with van der Waals surface area (Å²) in [4.78, 5) is 17.8. The second-order valence-corrected chi connectivity index (χ2v) is 6.27. The van der Waals surface area contributed by atoms with Crippen LogP contribution in [0.5, 0.6) is 0 Å². The van der Waals surface area contributed by atoms with Gasteiger partial charge in [0, 0.05) is 49.7 Å². The highest BCUT2D eigenvalue weighted by molar-refractivity contribution is 6.31. The number of amides is 1. The largest absolute Gasteiger partial charge is 0.357 e. The van der Waals surface area contributed by atoms with Crippen molar-refractivity contribution in [3.05, 3.63) is 34.6 Å². The van der Waals surface area contributed by atoms with Crippen molar-refractivity contribution >= 4 is 23.5 Å². The van der Waals surface area contributed by atoms with Gasteiger partial charge < -0.3 is 15.5 Å². The molecule has 7 heteroatoms. The number of hydrogen-bond acceptors (Lipinski definition) is 2. The fourth-order valence-corrected chi connectivity index (χ4v) is 2.95. The predicted molar refractivity (Wildman–Crippen MR) is 94.9 cm³/mol. The number of guanidine groups is 1. The van der Waals surface area contributed by atoms with Crippen LogP contribution in [0.4, 0.5) is 4.39 Å². The van der Waals surface area contributed by atoms with Crippen LogP contribution in [0.25, 0.3) is 0 Å². The van der Waals surface area contributed by atoms with Gasteiger partial charge in [0.1, 0.15) is 5.82 Å². The Labute approximate surface area is 147 Å². The van der Waals surface area contributed by atoms with E-state index in [-0.39, 0.29) is 17.8 Å². The van der Waals surface area contributed by atoms with Crippen LogP contribution >= 0.6 is 11.6 Å². The number of rotatable bonds is 5. The van der Waals surface area contributed by atoms with Crippen molar-refractivity contribution in [3.8, 4) is 0 Å². The summed E-state index contributed by atoms with van der Waals surface area (Å²) in [7, 11) is 1.81. The molecular formula is C17H24ClFN4O. The molecule has 1 aliphatic heterocycles. The van der Waals surface area contributed by atoms with Gasteiger partial charge in [-0.3, -0.25) is 9.79 Å². The Morgan fingerprint density at radius 3 is 2.96 bits per heavy atom. The number of halogens is 2. The highest BCUT2D eigenvalue weighted by atomic mass is 35.5. The number of carbonyl (C=O) groups excluding carboxylic acids is 1. The van der Waals surface area contributed by atoms with E-state index in [1.165, 1.54) is 6.07 Å². The standard InChI is InChI=1S/C17H24ClFN4O/c1-3-20-17(22-12-7-8-16(24)23(2)11-12)21-10-9-13-14(18)5-4-6-15(13)19/h4-6,12H,3,7-11H2,1-2H3,(H2,20,21,22). The van der Waals surface area contributed by atoms with Crippen LogP contribution in [0.2, 0.25) is 5.02 Å². The van der Waals surface area contributed by atoms with Gasteiger partial charge in [-0.05, 0) is 31.9 Å². The van der Waals surface area contributed by atoms with Crippen LogP contribution in [-0.4, -0.2) is 49.5 Å². The van der Waals surface area contributed by atoms with Gasteiger partial charge in [0.2, 0.25) is 5.91 Å². The lowest BCUT2D eigenvalue weighted by Gasteiger charge is -2.31. The van der Waals surface area contributed by atoms with Gasteiger partial charge in [0.05, 0.1) is 0 Å². The topological polar surface area (TPSA) is 56.7 Å². The number of likely N-dealkylation sites (N-methyl/N-ethyl adjacent to an activating group) is 1. The van der Waals surface area contributed by atoms with E-state index in [9.17, 15) is 9.18 Å². The van der Waals surface area contributed by atoms with Crippen LogP contribution in [0, 0.1) is 5.82 Å². The average Bonchev–Trinajstić information content (AvgIpc) is 2.54. The lowest BCUT2D eigenvalue weighted by Crippen LogP contribution is -2.51. The predicted octanol–water partition coefficient (Wildman–Crippen LogP) is 2.20. The van der Waals surface area contributed by atoms with Crippen molar-refractivity contribution in [2.45, 2.75) is 32.2 Å². The summed E-state index contributed by atoms with van der Waals surface area (Å²) in [5, 5.41) is 6.95. The van der Waals surface area contributed by atoms with E-state index < -0.39 is 0 Å². The molecule has 2 N–H and O–H groups in total. The van der Waals surface area contributed by atoms with E-state index in [2.05, 4.69) is 15.6 Å². The van der Waals surface area contributed by atoms with Crippen molar-refractivity contribution in [2.75, 3.05) is 26.7 Å². The number of piperidine rings is 1. The van der Waals surface area contributed by atoms with Gasteiger partial charge in [-0.1, -0.05) is 17.7 Å². The molecule has 0 radical (unpaired) electrons. The summed E-state index contributed by atoms with van der Waals surface area (Å²) in [6.07, 6.45) is 1.76. The SMILES string of the molecule is CCNC(=NCCc1c(F)cccc1Cl)NC1CCC(=O)N(C)C1.